The molecule has 4 heteroatoms. The van der Waals surface area contributed by atoms with Crippen LogP contribution in [-0.4, -0.2) is 19.0 Å². The molecule has 2 nitrogen and oxygen atoms in total. The highest BCUT2D eigenvalue weighted by atomic mass is 19.1. The van der Waals surface area contributed by atoms with Gasteiger partial charge >= 0.3 is 0 Å². The van der Waals surface area contributed by atoms with E-state index in [9.17, 15) is 13.6 Å². The van der Waals surface area contributed by atoms with E-state index in [0.717, 1.165) is 0 Å². The number of anilines is 1. The molecule has 76 valence electrons. The maximum absolute atomic E-state index is 12.8. The Balaban J connectivity index is 2.82. The highest BCUT2D eigenvalue weighted by Gasteiger charge is 2.04. The number of benzene rings is 1. The van der Waals surface area contributed by atoms with E-state index in [1.54, 1.807) is 0 Å². The molecule has 0 spiro atoms. The molecule has 0 saturated heterocycles. The third-order valence-electron chi connectivity index (χ3n) is 1.72. The lowest BCUT2D eigenvalue weighted by atomic mass is 10.2. The third-order valence-corrected chi connectivity index (χ3v) is 1.72. The second-order valence-corrected chi connectivity index (χ2v) is 3.01. The Kier molecular flexibility index (Phi) is 3.56. The summed E-state index contributed by atoms with van der Waals surface area (Å²) in [5.41, 5.74) is 0.650. The number of halogens is 2. The number of rotatable bonds is 4. The minimum absolute atomic E-state index is 0.0598. The molecule has 1 unspecified atom stereocenters. The minimum Gasteiger partial charge on any atom is -0.381 e. The summed E-state index contributed by atoms with van der Waals surface area (Å²) in [6.07, 6.45) is -0.442. The van der Waals surface area contributed by atoms with Crippen LogP contribution in [0.3, 0.4) is 0 Å². The normalized spacial score (nSPS) is 12.2. The van der Waals surface area contributed by atoms with Crippen molar-refractivity contribution >= 4 is 12.0 Å². The van der Waals surface area contributed by atoms with E-state index in [4.69, 9.17) is 0 Å². The fourth-order valence-electron chi connectivity index (χ4n) is 1.03. The highest BCUT2D eigenvalue weighted by molar-refractivity contribution is 5.84. The second kappa shape index (κ2) is 4.69. The van der Waals surface area contributed by atoms with Gasteiger partial charge in [0.05, 0.1) is 0 Å². The predicted molar refractivity (Wildman–Crippen MR) is 50.8 cm³/mol. The van der Waals surface area contributed by atoms with Gasteiger partial charge in [-0.2, -0.15) is 0 Å². The van der Waals surface area contributed by atoms with Gasteiger partial charge in [0.1, 0.15) is 12.0 Å². The molecule has 0 bridgehead atoms. The smallest absolute Gasteiger partial charge is 0.152 e. The number of carbonyl (C=O) groups excluding carboxylic acids is 1. The Hall–Kier alpha value is -1.45. The van der Waals surface area contributed by atoms with Gasteiger partial charge in [-0.15, -0.1) is 0 Å². The van der Waals surface area contributed by atoms with Crippen molar-refractivity contribution in [3.8, 4) is 0 Å². The van der Waals surface area contributed by atoms with E-state index in [2.05, 4.69) is 5.32 Å². The lowest BCUT2D eigenvalue weighted by molar-refractivity contribution is 0.112. The number of nitrogens with one attached hydrogen (secondary N) is 1. The highest BCUT2D eigenvalue weighted by Crippen LogP contribution is 2.15. The second-order valence-electron chi connectivity index (χ2n) is 3.01. The molecule has 0 amide bonds. The molecule has 1 aromatic rings. The SMILES string of the molecule is CC(F)CNc1cc(F)ccc1C=O. The lowest BCUT2D eigenvalue weighted by Crippen LogP contribution is -2.12. The van der Waals surface area contributed by atoms with Crippen molar-refractivity contribution < 1.29 is 13.6 Å². The monoisotopic (exact) mass is 199 g/mol. The lowest BCUT2D eigenvalue weighted by Gasteiger charge is -2.09. The van der Waals surface area contributed by atoms with Gasteiger partial charge in [0.15, 0.2) is 6.29 Å². The predicted octanol–water partition coefficient (Wildman–Crippen LogP) is 2.41. The summed E-state index contributed by atoms with van der Waals surface area (Å²) in [7, 11) is 0. The fraction of sp³-hybridized carbons (Fsp3) is 0.300. The van der Waals surface area contributed by atoms with Crippen molar-refractivity contribution in [2.45, 2.75) is 13.1 Å². The molecule has 0 aliphatic carbocycles. The standard InChI is InChI=1S/C10H11F2NO/c1-7(11)5-13-10-4-9(12)3-2-8(10)6-14/h2-4,6-7,13H,5H2,1H3. The summed E-state index contributed by atoms with van der Waals surface area (Å²) in [6.45, 7) is 1.44. The zero-order valence-electron chi connectivity index (χ0n) is 7.76. The third kappa shape index (κ3) is 2.80. The molecule has 1 N–H and O–H groups in total. The van der Waals surface area contributed by atoms with E-state index < -0.39 is 12.0 Å². The first-order valence-electron chi connectivity index (χ1n) is 4.26. The van der Waals surface area contributed by atoms with Crippen LogP contribution in [0.15, 0.2) is 18.2 Å². The number of aldehydes is 1. The Morgan fingerprint density at radius 3 is 2.86 bits per heavy atom. The van der Waals surface area contributed by atoms with E-state index >= 15 is 0 Å². The summed E-state index contributed by atoms with van der Waals surface area (Å²) >= 11 is 0. The van der Waals surface area contributed by atoms with Gasteiger partial charge in [-0.1, -0.05) is 0 Å². The topological polar surface area (TPSA) is 29.1 Å². The summed E-state index contributed by atoms with van der Waals surface area (Å²) in [5.74, 6) is -0.454. The van der Waals surface area contributed by atoms with Crippen LogP contribution in [0.4, 0.5) is 14.5 Å². The largest absolute Gasteiger partial charge is 0.381 e. The summed E-state index contributed by atoms with van der Waals surface area (Å²) in [6, 6.07) is 3.72. The number of hydrogen-bond donors (Lipinski definition) is 1. The van der Waals surface area contributed by atoms with Crippen LogP contribution in [0.25, 0.3) is 0 Å². The molecule has 0 aliphatic heterocycles. The zero-order valence-corrected chi connectivity index (χ0v) is 7.76. The van der Waals surface area contributed by atoms with Crippen LogP contribution in [0.1, 0.15) is 17.3 Å². The molecule has 0 aliphatic rings. The van der Waals surface area contributed by atoms with Crippen LogP contribution in [0.5, 0.6) is 0 Å². The van der Waals surface area contributed by atoms with E-state index in [1.165, 1.54) is 25.1 Å². The first-order valence-corrected chi connectivity index (χ1v) is 4.26. The fourth-order valence-corrected chi connectivity index (χ4v) is 1.03. The van der Waals surface area contributed by atoms with Crippen LogP contribution in [0.2, 0.25) is 0 Å². The van der Waals surface area contributed by atoms with Crippen molar-refractivity contribution in [1.29, 1.82) is 0 Å². The molecular formula is C10H11F2NO. The quantitative estimate of drug-likeness (QED) is 0.754. The van der Waals surface area contributed by atoms with Crippen molar-refractivity contribution in [3.63, 3.8) is 0 Å². The van der Waals surface area contributed by atoms with Gasteiger partial charge in [0.2, 0.25) is 0 Å². The molecule has 0 radical (unpaired) electrons. The number of alkyl halides is 1. The van der Waals surface area contributed by atoms with Gasteiger partial charge in [-0.3, -0.25) is 4.79 Å². The maximum atomic E-state index is 12.8. The first kappa shape index (κ1) is 10.6. The molecule has 1 atom stereocenters. The maximum Gasteiger partial charge on any atom is 0.152 e. The van der Waals surface area contributed by atoms with Gasteiger partial charge in [-0.25, -0.2) is 8.78 Å². The summed E-state index contributed by atoms with van der Waals surface area (Å²) in [5, 5.41) is 2.66. The average Bonchev–Trinajstić information content (AvgIpc) is 2.15. The number of carbonyl (C=O) groups is 1. The van der Waals surface area contributed by atoms with Gasteiger partial charge in [0.25, 0.3) is 0 Å². The molecule has 14 heavy (non-hydrogen) atoms. The molecular weight excluding hydrogens is 188 g/mol. The zero-order chi connectivity index (χ0) is 10.6. The van der Waals surface area contributed by atoms with Crippen molar-refractivity contribution in [1.82, 2.24) is 0 Å². The Morgan fingerprint density at radius 2 is 2.29 bits per heavy atom. The van der Waals surface area contributed by atoms with E-state index in [1.807, 2.05) is 0 Å². The van der Waals surface area contributed by atoms with Crippen LogP contribution >= 0.6 is 0 Å². The van der Waals surface area contributed by atoms with Crippen molar-refractivity contribution in [2.24, 2.45) is 0 Å². The van der Waals surface area contributed by atoms with Crippen molar-refractivity contribution in [3.05, 3.63) is 29.6 Å². The molecule has 0 fully saturated rings. The Morgan fingerprint density at radius 1 is 1.57 bits per heavy atom. The Labute approximate surface area is 80.9 Å². The van der Waals surface area contributed by atoms with Gasteiger partial charge in [-0.05, 0) is 25.1 Å². The minimum atomic E-state index is -1.04. The molecule has 1 rings (SSSR count). The summed E-state index contributed by atoms with van der Waals surface area (Å²) < 4.78 is 25.2. The van der Waals surface area contributed by atoms with E-state index in [0.29, 0.717) is 17.5 Å². The van der Waals surface area contributed by atoms with Gasteiger partial charge < -0.3 is 5.32 Å². The Bertz CT molecular complexity index is 326. The first-order chi connectivity index (χ1) is 6.63. The van der Waals surface area contributed by atoms with Crippen LogP contribution in [0, 0.1) is 5.82 Å². The molecule has 0 heterocycles. The van der Waals surface area contributed by atoms with Crippen molar-refractivity contribution in [2.75, 3.05) is 11.9 Å². The summed E-state index contributed by atoms with van der Waals surface area (Å²) in [4.78, 5) is 10.5. The van der Waals surface area contributed by atoms with Gasteiger partial charge in [0, 0.05) is 17.8 Å². The molecule has 0 aromatic heterocycles. The van der Waals surface area contributed by atoms with Crippen LogP contribution in [-0.2, 0) is 0 Å². The molecule has 0 saturated carbocycles. The number of hydrogen-bond acceptors (Lipinski definition) is 2. The van der Waals surface area contributed by atoms with E-state index in [-0.39, 0.29) is 6.54 Å². The average molecular weight is 199 g/mol. The molecule has 1 aromatic carbocycles. The van der Waals surface area contributed by atoms with Crippen LogP contribution < -0.4 is 5.32 Å².